The van der Waals surface area contributed by atoms with Crippen LogP contribution in [0.5, 0.6) is 0 Å². The number of aromatic nitrogens is 2. The van der Waals surface area contributed by atoms with E-state index in [1.165, 1.54) is 12.0 Å². The van der Waals surface area contributed by atoms with Crippen molar-refractivity contribution in [2.45, 2.75) is 37.6 Å². The van der Waals surface area contributed by atoms with Gasteiger partial charge in [0.15, 0.2) is 0 Å². The molecule has 2 N–H and O–H groups in total. The van der Waals surface area contributed by atoms with E-state index in [2.05, 4.69) is 32.7 Å². The van der Waals surface area contributed by atoms with Gasteiger partial charge in [-0.2, -0.15) is 0 Å². The molecule has 1 atom stereocenters. The molecule has 2 fully saturated rings. The molecule has 0 spiro atoms. The van der Waals surface area contributed by atoms with Crippen molar-refractivity contribution in [1.29, 1.82) is 0 Å². The SMILES string of the molecule is O=C(Nc1ccc(C[C@@H]2CCN2)cc1)c1cnc(C2CC2)nc1. The van der Waals surface area contributed by atoms with E-state index in [0.717, 1.165) is 37.3 Å². The fourth-order valence-corrected chi connectivity index (χ4v) is 2.74. The number of carbonyl (C=O) groups excluding carboxylic acids is 1. The summed E-state index contributed by atoms with van der Waals surface area (Å²) in [6.07, 6.45) is 7.85. The van der Waals surface area contributed by atoms with E-state index >= 15 is 0 Å². The second-order valence-electron chi connectivity index (χ2n) is 6.40. The summed E-state index contributed by atoms with van der Waals surface area (Å²) in [5.74, 6) is 1.20. The van der Waals surface area contributed by atoms with Crippen LogP contribution in [0.2, 0.25) is 0 Å². The highest BCUT2D eigenvalue weighted by Crippen LogP contribution is 2.37. The van der Waals surface area contributed by atoms with Crippen LogP contribution in [0.25, 0.3) is 0 Å². The molecule has 0 unspecified atom stereocenters. The van der Waals surface area contributed by atoms with Gasteiger partial charge in [-0.15, -0.1) is 0 Å². The molecule has 2 aliphatic rings. The second kappa shape index (κ2) is 6.08. The molecular weight excluding hydrogens is 288 g/mol. The molecule has 4 rings (SSSR count). The molecule has 5 heteroatoms. The average molecular weight is 308 g/mol. The van der Waals surface area contributed by atoms with E-state index in [9.17, 15) is 4.79 Å². The third-order valence-electron chi connectivity index (χ3n) is 4.50. The zero-order valence-corrected chi connectivity index (χ0v) is 13.0. The molecule has 118 valence electrons. The van der Waals surface area contributed by atoms with Crippen molar-refractivity contribution in [2.24, 2.45) is 0 Å². The molecule has 1 aromatic carbocycles. The van der Waals surface area contributed by atoms with Crippen molar-refractivity contribution in [3.8, 4) is 0 Å². The monoisotopic (exact) mass is 308 g/mol. The molecule has 1 saturated heterocycles. The van der Waals surface area contributed by atoms with Crippen LogP contribution in [-0.2, 0) is 6.42 Å². The van der Waals surface area contributed by atoms with Crippen molar-refractivity contribution < 1.29 is 4.79 Å². The number of benzene rings is 1. The Hall–Kier alpha value is -2.27. The Kier molecular flexibility index (Phi) is 3.79. The molecule has 1 aliphatic carbocycles. The number of nitrogens with zero attached hydrogens (tertiary/aromatic N) is 2. The maximum Gasteiger partial charge on any atom is 0.258 e. The lowest BCUT2D eigenvalue weighted by Gasteiger charge is -2.27. The van der Waals surface area contributed by atoms with Gasteiger partial charge in [-0.05, 0) is 49.9 Å². The summed E-state index contributed by atoms with van der Waals surface area (Å²) in [6.45, 7) is 1.13. The van der Waals surface area contributed by atoms with Crippen molar-refractivity contribution >= 4 is 11.6 Å². The summed E-state index contributed by atoms with van der Waals surface area (Å²) in [7, 11) is 0. The van der Waals surface area contributed by atoms with E-state index < -0.39 is 0 Å². The fourth-order valence-electron chi connectivity index (χ4n) is 2.74. The molecular formula is C18H20N4O. The standard InChI is InChI=1S/C18H20N4O/c23-18(14-10-20-17(21-11-14)13-3-4-13)22-15-5-1-12(2-6-15)9-16-7-8-19-16/h1-2,5-6,10-11,13,16,19H,3-4,7-9H2,(H,22,23)/t16-/m0/s1. The fraction of sp³-hybridized carbons (Fsp3) is 0.389. The molecule has 0 radical (unpaired) electrons. The zero-order valence-electron chi connectivity index (χ0n) is 13.0. The lowest BCUT2D eigenvalue weighted by atomic mass is 9.98. The Morgan fingerprint density at radius 2 is 1.83 bits per heavy atom. The average Bonchev–Trinajstić information content (AvgIpc) is 3.37. The van der Waals surface area contributed by atoms with Gasteiger partial charge in [0.1, 0.15) is 5.82 Å². The van der Waals surface area contributed by atoms with Crippen LogP contribution in [0.1, 0.15) is 46.9 Å². The smallest absolute Gasteiger partial charge is 0.258 e. The predicted octanol–water partition coefficient (Wildman–Crippen LogP) is 2.51. The topological polar surface area (TPSA) is 66.9 Å². The molecule has 2 aromatic rings. The Morgan fingerprint density at radius 3 is 2.39 bits per heavy atom. The minimum atomic E-state index is -0.166. The number of hydrogen-bond donors (Lipinski definition) is 2. The van der Waals surface area contributed by atoms with E-state index in [4.69, 9.17) is 0 Å². The molecule has 5 nitrogen and oxygen atoms in total. The number of nitrogens with one attached hydrogen (secondary N) is 2. The van der Waals surface area contributed by atoms with Gasteiger partial charge in [0.05, 0.1) is 5.56 Å². The van der Waals surface area contributed by atoms with Crippen molar-refractivity contribution in [3.05, 3.63) is 53.6 Å². The largest absolute Gasteiger partial charge is 0.322 e. The normalized spacial score (nSPS) is 19.9. The van der Waals surface area contributed by atoms with Crippen LogP contribution in [0.3, 0.4) is 0 Å². The van der Waals surface area contributed by atoms with Gasteiger partial charge in [-0.3, -0.25) is 4.79 Å². The second-order valence-corrected chi connectivity index (χ2v) is 6.40. The first-order valence-corrected chi connectivity index (χ1v) is 8.23. The third-order valence-corrected chi connectivity index (χ3v) is 4.50. The minimum Gasteiger partial charge on any atom is -0.322 e. The molecule has 1 aliphatic heterocycles. The molecule has 1 amide bonds. The summed E-state index contributed by atoms with van der Waals surface area (Å²) in [6, 6.07) is 8.65. The lowest BCUT2D eigenvalue weighted by Crippen LogP contribution is -2.44. The van der Waals surface area contributed by atoms with Crippen molar-refractivity contribution in [2.75, 3.05) is 11.9 Å². The van der Waals surface area contributed by atoms with E-state index in [1.54, 1.807) is 12.4 Å². The molecule has 23 heavy (non-hydrogen) atoms. The Balaban J connectivity index is 1.37. The highest BCUT2D eigenvalue weighted by atomic mass is 16.1. The molecule has 2 heterocycles. The number of rotatable bonds is 5. The Morgan fingerprint density at radius 1 is 1.13 bits per heavy atom. The first kappa shape index (κ1) is 14.3. The molecule has 1 saturated carbocycles. The summed E-state index contributed by atoms with van der Waals surface area (Å²) >= 11 is 0. The maximum atomic E-state index is 12.2. The van der Waals surface area contributed by atoms with Crippen LogP contribution in [0, 0.1) is 0 Å². The Bertz CT molecular complexity index is 688. The predicted molar refractivity (Wildman–Crippen MR) is 88.5 cm³/mol. The zero-order chi connectivity index (χ0) is 15.6. The summed E-state index contributed by atoms with van der Waals surface area (Å²) in [4.78, 5) is 20.8. The van der Waals surface area contributed by atoms with Crippen LogP contribution in [0.15, 0.2) is 36.7 Å². The van der Waals surface area contributed by atoms with Gasteiger partial charge in [-0.25, -0.2) is 9.97 Å². The van der Waals surface area contributed by atoms with E-state index in [1.807, 2.05) is 12.1 Å². The van der Waals surface area contributed by atoms with Gasteiger partial charge in [0.25, 0.3) is 5.91 Å². The maximum absolute atomic E-state index is 12.2. The van der Waals surface area contributed by atoms with Crippen molar-refractivity contribution in [3.63, 3.8) is 0 Å². The van der Waals surface area contributed by atoms with Gasteiger partial charge >= 0.3 is 0 Å². The molecule has 1 aromatic heterocycles. The van der Waals surface area contributed by atoms with Crippen LogP contribution in [0.4, 0.5) is 5.69 Å². The van der Waals surface area contributed by atoms with E-state index in [-0.39, 0.29) is 5.91 Å². The van der Waals surface area contributed by atoms with Crippen LogP contribution >= 0.6 is 0 Å². The van der Waals surface area contributed by atoms with Gasteiger partial charge in [0, 0.05) is 30.0 Å². The summed E-state index contributed by atoms with van der Waals surface area (Å²) in [5.41, 5.74) is 2.58. The number of hydrogen-bond acceptors (Lipinski definition) is 4. The highest BCUT2D eigenvalue weighted by Gasteiger charge is 2.26. The van der Waals surface area contributed by atoms with E-state index in [0.29, 0.717) is 17.5 Å². The van der Waals surface area contributed by atoms with Gasteiger partial charge < -0.3 is 10.6 Å². The minimum absolute atomic E-state index is 0.166. The summed E-state index contributed by atoms with van der Waals surface area (Å²) < 4.78 is 0. The number of anilines is 1. The molecule has 0 bridgehead atoms. The van der Waals surface area contributed by atoms with Crippen LogP contribution in [-0.4, -0.2) is 28.5 Å². The van der Waals surface area contributed by atoms with Crippen LogP contribution < -0.4 is 10.6 Å². The third kappa shape index (κ3) is 3.40. The van der Waals surface area contributed by atoms with Crippen molar-refractivity contribution in [1.82, 2.24) is 15.3 Å². The number of amides is 1. The first-order valence-electron chi connectivity index (χ1n) is 8.23. The highest BCUT2D eigenvalue weighted by molar-refractivity contribution is 6.03. The number of carbonyl (C=O) groups is 1. The quantitative estimate of drug-likeness (QED) is 0.890. The van der Waals surface area contributed by atoms with Gasteiger partial charge in [0.2, 0.25) is 0 Å². The summed E-state index contributed by atoms with van der Waals surface area (Å²) in [5, 5.41) is 6.29. The lowest BCUT2D eigenvalue weighted by molar-refractivity contribution is 0.102. The van der Waals surface area contributed by atoms with Gasteiger partial charge in [-0.1, -0.05) is 12.1 Å². The Labute approximate surface area is 135 Å². The first-order chi connectivity index (χ1) is 11.3.